The van der Waals surface area contributed by atoms with E-state index in [1.807, 2.05) is 7.05 Å². The van der Waals surface area contributed by atoms with Gasteiger partial charge < -0.3 is 5.32 Å². The van der Waals surface area contributed by atoms with Gasteiger partial charge in [0, 0.05) is 4.47 Å². The van der Waals surface area contributed by atoms with E-state index in [-0.39, 0.29) is 6.04 Å². The molecular weight excluding hydrogens is 310 g/mol. The van der Waals surface area contributed by atoms with Crippen LogP contribution in [0, 0.1) is 6.92 Å². The van der Waals surface area contributed by atoms with Crippen LogP contribution in [0.3, 0.4) is 0 Å². The zero-order valence-electron chi connectivity index (χ0n) is 12.4. The molecule has 106 valence electrons. The molecular formula is C18H22BrN. The van der Waals surface area contributed by atoms with Gasteiger partial charge in [-0.2, -0.15) is 0 Å². The van der Waals surface area contributed by atoms with Crippen LogP contribution in [0.25, 0.3) is 0 Å². The largest absolute Gasteiger partial charge is 0.309 e. The summed E-state index contributed by atoms with van der Waals surface area (Å²) in [5.74, 6) is 0. The lowest BCUT2D eigenvalue weighted by molar-refractivity contribution is 0.687. The smallest absolute Gasteiger partial charge is 0.0585 e. The standard InChI is InChI=1S/C18H22BrN/c1-4-6-14-7-5-8-15(12-14)18(20-3)16-11-13(2)9-10-17(16)19/h5,7-12,18,20H,4,6H2,1-3H3. The van der Waals surface area contributed by atoms with Gasteiger partial charge in [-0.25, -0.2) is 0 Å². The Morgan fingerprint density at radius 1 is 1.15 bits per heavy atom. The lowest BCUT2D eigenvalue weighted by Crippen LogP contribution is -2.18. The maximum Gasteiger partial charge on any atom is 0.0585 e. The van der Waals surface area contributed by atoms with E-state index in [9.17, 15) is 0 Å². The number of benzene rings is 2. The molecule has 2 aromatic carbocycles. The highest BCUT2D eigenvalue weighted by atomic mass is 79.9. The van der Waals surface area contributed by atoms with E-state index in [1.54, 1.807) is 0 Å². The Morgan fingerprint density at radius 2 is 1.95 bits per heavy atom. The molecule has 0 fully saturated rings. The third-order valence-corrected chi connectivity index (χ3v) is 4.30. The highest BCUT2D eigenvalue weighted by molar-refractivity contribution is 9.10. The van der Waals surface area contributed by atoms with Crippen LogP contribution in [0.1, 0.15) is 41.6 Å². The van der Waals surface area contributed by atoms with Crippen molar-refractivity contribution in [1.82, 2.24) is 5.32 Å². The minimum Gasteiger partial charge on any atom is -0.309 e. The van der Waals surface area contributed by atoms with Gasteiger partial charge in [-0.05, 0) is 43.1 Å². The number of rotatable bonds is 5. The molecule has 2 heteroatoms. The number of halogens is 1. The van der Waals surface area contributed by atoms with Gasteiger partial charge in [-0.3, -0.25) is 0 Å². The molecule has 2 rings (SSSR count). The second-order valence-corrected chi connectivity index (χ2v) is 6.10. The molecule has 2 aromatic rings. The summed E-state index contributed by atoms with van der Waals surface area (Å²) in [6, 6.07) is 15.6. The fourth-order valence-electron chi connectivity index (χ4n) is 2.60. The summed E-state index contributed by atoms with van der Waals surface area (Å²) >= 11 is 3.68. The number of hydrogen-bond acceptors (Lipinski definition) is 1. The fourth-order valence-corrected chi connectivity index (χ4v) is 3.08. The van der Waals surface area contributed by atoms with Crippen molar-refractivity contribution in [3.05, 3.63) is 69.2 Å². The first kappa shape index (κ1) is 15.3. The molecule has 0 saturated carbocycles. The molecule has 0 spiro atoms. The fraction of sp³-hybridized carbons (Fsp3) is 0.333. The van der Waals surface area contributed by atoms with Gasteiger partial charge in [0.05, 0.1) is 6.04 Å². The minimum absolute atomic E-state index is 0.223. The van der Waals surface area contributed by atoms with Crippen molar-refractivity contribution in [3.63, 3.8) is 0 Å². The molecule has 0 aliphatic rings. The van der Waals surface area contributed by atoms with Crippen LogP contribution in [-0.2, 0) is 6.42 Å². The number of hydrogen-bond donors (Lipinski definition) is 1. The molecule has 20 heavy (non-hydrogen) atoms. The van der Waals surface area contributed by atoms with E-state index in [2.05, 4.69) is 77.6 Å². The summed E-state index contributed by atoms with van der Waals surface area (Å²) in [4.78, 5) is 0. The van der Waals surface area contributed by atoms with Crippen LogP contribution in [0.5, 0.6) is 0 Å². The Bertz CT molecular complexity index is 577. The number of aryl methyl sites for hydroxylation is 2. The lowest BCUT2D eigenvalue weighted by atomic mass is 9.95. The molecule has 1 atom stereocenters. The van der Waals surface area contributed by atoms with Crippen molar-refractivity contribution >= 4 is 15.9 Å². The lowest BCUT2D eigenvalue weighted by Gasteiger charge is -2.20. The molecule has 0 heterocycles. The van der Waals surface area contributed by atoms with E-state index in [0.29, 0.717) is 0 Å². The second kappa shape index (κ2) is 7.05. The van der Waals surface area contributed by atoms with E-state index in [1.165, 1.54) is 28.7 Å². The van der Waals surface area contributed by atoms with Crippen LogP contribution in [0.2, 0.25) is 0 Å². The van der Waals surface area contributed by atoms with E-state index in [4.69, 9.17) is 0 Å². The van der Waals surface area contributed by atoms with E-state index in [0.717, 1.165) is 10.9 Å². The van der Waals surface area contributed by atoms with Crippen molar-refractivity contribution in [3.8, 4) is 0 Å². The Labute approximate surface area is 130 Å². The first-order chi connectivity index (χ1) is 9.65. The molecule has 1 N–H and O–H groups in total. The third-order valence-electron chi connectivity index (χ3n) is 3.57. The Morgan fingerprint density at radius 3 is 2.65 bits per heavy atom. The first-order valence-electron chi connectivity index (χ1n) is 7.18. The van der Waals surface area contributed by atoms with Gasteiger partial charge in [0.15, 0.2) is 0 Å². The predicted octanol–water partition coefficient (Wildman–Crippen LogP) is 5.02. The van der Waals surface area contributed by atoms with Crippen molar-refractivity contribution < 1.29 is 0 Å². The van der Waals surface area contributed by atoms with Crippen molar-refractivity contribution in [2.45, 2.75) is 32.7 Å². The maximum atomic E-state index is 3.68. The zero-order chi connectivity index (χ0) is 14.5. The first-order valence-corrected chi connectivity index (χ1v) is 7.97. The molecule has 0 aromatic heterocycles. The van der Waals surface area contributed by atoms with Gasteiger partial charge in [0.25, 0.3) is 0 Å². The second-order valence-electron chi connectivity index (χ2n) is 5.24. The van der Waals surface area contributed by atoms with Crippen molar-refractivity contribution in [2.24, 2.45) is 0 Å². The number of nitrogens with one attached hydrogen (secondary N) is 1. The minimum atomic E-state index is 0.223. The summed E-state index contributed by atoms with van der Waals surface area (Å²) < 4.78 is 1.16. The van der Waals surface area contributed by atoms with Crippen LogP contribution in [0.4, 0.5) is 0 Å². The van der Waals surface area contributed by atoms with Crippen LogP contribution < -0.4 is 5.32 Å². The Kier molecular flexibility index (Phi) is 5.38. The SMILES string of the molecule is CCCc1cccc(C(NC)c2cc(C)ccc2Br)c1. The Hall–Kier alpha value is -1.12. The summed E-state index contributed by atoms with van der Waals surface area (Å²) in [5, 5.41) is 3.44. The molecule has 1 unspecified atom stereocenters. The summed E-state index contributed by atoms with van der Waals surface area (Å²) in [7, 11) is 2.02. The highest BCUT2D eigenvalue weighted by Gasteiger charge is 2.15. The molecule has 0 amide bonds. The maximum absolute atomic E-state index is 3.68. The summed E-state index contributed by atoms with van der Waals surface area (Å²) in [6.07, 6.45) is 2.32. The molecule has 0 saturated heterocycles. The zero-order valence-corrected chi connectivity index (χ0v) is 14.0. The average molecular weight is 332 g/mol. The van der Waals surface area contributed by atoms with Gasteiger partial charge >= 0.3 is 0 Å². The quantitative estimate of drug-likeness (QED) is 0.811. The Balaban J connectivity index is 2.41. The topological polar surface area (TPSA) is 12.0 Å². The van der Waals surface area contributed by atoms with Crippen molar-refractivity contribution in [1.29, 1.82) is 0 Å². The van der Waals surface area contributed by atoms with Gasteiger partial charge in [0.1, 0.15) is 0 Å². The monoisotopic (exact) mass is 331 g/mol. The van der Waals surface area contributed by atoms with Gasteiger partial charge in [-0.15, -0.1) is 0 Å². The molecule has 0 aliphatic carbocycles. The molecule has 0 radical (unpaired) electrons. The van der Waals surface area contributed by atoms with Crippen LogP contribution in [0.15, 0.2) is 46.9 Å². The summed E-state index contributed by atoms with van der Waals surface area (Å²) in [6.45, 7) is 4.36. The molecule has 0 bridgehead atoms. The van der Waals surface area contributed by atoms with Gasteiger partial charge in [0.2, 0.25) is 0 Å². The van der Waals surface area contributed by atoms with Crippen molar-refractivity contribution in [2.75, 3.05) is 7.05 Å². The molecule has 0 aliphatic heterocycles. The van der Waals surface area contributed by atoms with E-state index < -0.39 is 0 Å². The average Bonchev–Trinajstić information content (AvgIpc) is 2.44. The van der Waals surface area contributed by atoms with Gasteiger partial charge in [-0.1, -0.05) is 71.2 Å². The van der Waals surface area contributed by atoms with E-state index >= 15 is 0 Å². The highest BCUT2D eigenvalue weighted by Crippen LogP contribution is 2.29. The van der Waals surface area contributed by atoms with Crippen LogP contribution in [-0.4, -0.2) is 7.05 Å². The predicted molar refractivity (Wildman–Crippen MR) is 90.2 cm³/mol. The third kappa shape index (κ3) is 3.50. The molecule has 1 nitrogen and oxygen atoms in total. The summed E-state index contributed by atoms with van der Waals surface area (Å²) in [5.41, 5.74) is 5.31. The van der Waals surface area contributed by atoms with Crippen LogP contribution >= 0.6 is 15.9 Å². The normalized spacial score (nSPS) is 12.4.